The number of aromatic nitrogens is 2. The molecular weight excluding hydrogens is 479 g/mol. The predicted octanol–water partition coefficient (Wildman–Crippen LogP) is 2.70. The van der Waals surface area contributed by atoms with Crippen LogP contribution in [0.1, 0.15) is 46.7 Å². The molecule has 1 aromatic carbocycles. The third-order valence-electron chi connectivity index (χ3n) is 4.76. The molecule has 2 rings (SSSR count). The first-order valence-corrected chi connectivity index (χ1v) is 9.69. The summed E-state index contributed by atoms with van der Waals surface area (Å²) in [5.41, 5.74) is 5.22. The van der Waals surface area contributed by atoms with Gasteiger partial charge in [0.05, 0.1) is 5.69 Å². The largest absolute Gasteiger partial charge is 0.354 e. The van der Waals surface area contributed by atoms with Crippen molar-refractivity contribution in [2.75, 3.05) is 13.6 Å². The van der Waals surface area contributed by atoms with E-state index in [9.17, 15) is 4.79 Å². The Kier molecular flexibility index (Phi) is 10.1. The van der Waals surface area contributed by atoms with E-state index in [1.807, 2.05) is 49.8 Å². The number of guanidine groups is 1. The fourth-order valence-corrected chi connectivity index (χ4v) is 3.17. The van der Waals surface area contributed by atoms with Gasteiger partial charge in [0.1, 0.15) is 0 Å². The normalized spacial score (nSPS) is 12.1. The van der Waals surface area contributed by atoms with Crippen molar-refractivity contribution in [1.29, 1.82) is 0 Å². The van der Waals surface area contributed by atoms with Crippen molar-refractivity contribution in [2.45, 2.75) is 46.7 Å². The second-order valence-corrected chi connectivity index (χ2v) is 7.01. The van der Waals surface area contributed by atoms with Crippen LogP contribution in [-0.2, 0) is 20.0 Å². The number of carbonyl (C=O) groups is 1. The van der Waals surface area contributed by atoms with E-state index >= 15 is 0 Å². The Balaban J connectivity index is 0.00000420. The smallest absolute Gasteiger partial charge is 0.251 e. The van der Waals surface area contributed by atoms with Gasteiger partial charge in [0.2, 0.25) is 0 Å². The van der Waals surface area contributed by atoms with Crippen LogP contribution in [-0.4, -0.2) is 41.3 Å². The van der Waals surface area contributed by atoms with E-state index in [4.69, 9.17) is 0 Å². The summed E-state index contributed by atoms with van der Waals surface area (Å²) in [5.74, 6) is 0.679. The molecule has 1 heterocycles. The summed E-state index contributed by atoms with van der Waals surface area (Å²) in [6.07, 6.45) is 0.874. The summed E-state index contributed by atoms with van der Waals surface area (Å²) in [4.78, 5) is 16.3. The van der Waals surface area contributed by atoms with E-state index in [-0.39, 0.29) is 35.9 Å². The van der Waals surface area contributed by atoms with Crippen LogP contribution < -0.4 is 16.0 Å². The minimum atomic E-state index is -0.0531. The maximum atomic E-state index is 12.0. The van der Waals surface area contributed by atoms with Crippen LogP contribution in [0.15, 0.2) is 29.3 Å². The fourth-order valence-electron chi connectivity index (χ4n) is 3.17. The molecule has 160 valence electrons. The Morgan fingerprint density at radius 2 is 2.00 bits per heavy atom. The number of amides is 1. The first-order valence-electron chi connectivity index (χ1n) is 9.69. The number of nitrogens with zero attached hydrogens (tertiary/aromatic N) is 3. The second-order valence-electron chi connectivity index (χ2n) is 7.01. The van der Waals surface area contributed by atoms with E-state index < -0.39 is 0 Å². The molecule has 0 radical (unpaired) electrons. The highest BCUT2D eigenvalue weighted by Gasteiger charge is 2.14. The van der Waals surface area contributed by atoms with Gasteiger partial charge < -0.3 is 16.0 Å². The van der Waals surface area contributed by atoms with Crippen LogP contribution in [0.5, 0.6) is 0 Å². The topological polar surface area (TPSA) is 83.3 Å². The number of halogens is 1. The van der Waals surface area contributed by atoms with Gasteiger partial charge in [-0.15, -0.1) is 24.0 Å². The third-order valence-corrected chi connectivity index (χ3v) is 4.76. The zero-order valence-electron chi connectivity index (χ0n) is 18.2. The van der Waals surface area contributed by atoms with E-state index in [1.54, 1.807) is 7.05 Å². The number of carbonyl (C=O) groups excluding carboxylic acids is 1. The molecular formula is C21H33IN6O. The zero-order valence-corrected chi connectivity index (χ0v) is 20.5. The average Bonchev–Trinajstić information content (AvgIpc) is 2.91. The molecule has 0 saturated carbocycles. The number of aliphatic imine (C=N–C) groups is 1. The molecule has 0 aliphatic rings. The van der Waals surface area contributed by atoms with Crippen LogP contribution in [0.25, 0.3) is 0 Å². The lowest BCUT2D eigenvalue weighted by Crippen LogP contribution is -2.42. The third kappa shape index (κ3) is 7.02. The Labute approximate surface area is 190 Å². The lowest BCUT2D eigenvalue weighted by Gasteiger charge is -2.18. The summed E-state index contributed by atoms with van der Waals surface area (Å²) in [6, 6.07) is 7.82. The van der Waals surface area contributed by atoms with E-state index in [1.165, 1.54) is 11.3 Å². The van der Waals surface area contributed by atoms with Crippen molar-refractivity contribution in [3.05, 3.63) is 52.3 Å². The number of aryl methyl sites for hydroxylation is 2. The van der Waals surface area contributed by atoms with Gasteiger partial charge in [-0.05, 0) is 57.4 Å². The zero-order chi connectivity index (χ0) is 20.7. The van der Waals surface area contributed by atoms with Crippen molar-refractivity contribution < 1.29 is 4.79 Å². The van der Waals surface area contributed by atoms with E-state index in [0.29, 0.717) is 18.7 Å². The van der Waals surface area contributed by atoms with Gasteiger partial charge in [-0.1, -0.05) is 12.1 Å². The van der Waals surface area contributed by atoms with Crippen LogP contribution in [0, 0.1) is 13.8 Å². The number of nitrogens with one attached hydrogen (secondary N) is 3. The SMILES string of the molecule is CCNC(=O)c1cccc(CNC(=NC)NC(C)Cc2c(C)nn(C)c2C)c1.I. The summed E-state index contributed by atoms with van der Waals surface area (Å²) in [7, 11) is 3.73. The lowest BCUT2D eigenvalue weighted by molar-refractivity contribution is 0.0955. The van der Waals surface area contributed by atoms with Crippen molar-refractivity contribution in [2.24, 2.45) is 12.0 Å². The van der Waals surface area contributed by atoms with Crippen molar-refractivity contribution in [1.82, 2.24) is 25.7 Å². The van der Waals surface area contributed by atoms with Crippen LogP contribution >= 0.6 is 24.0 Å². The predicted molar refractivity (Wildman–Crippen MR) is 129 cm³/mol. The summed E-state index contributed by atoms with van der Waals surface area (Å²) in [5, 5.41) is 14.1. The Hall–Kier alpha value is -2.10. The number of benzene rings is 1. The first-order chi connectivity index (χ1) is 13.3. The minimum absolute atomic E-state index is 0. The van der Waals surface area contributed by atoms with Crippen LogP contribution in [0.2, 0.25) is 0 Å². The van der Waals surface area contributed by atoms with E-state index in [2.05, 4.69) is 39.9 Å². The van der Waals surface area contributed by atoms with Gasteiger partial charge in [0.25, 0.3) is 5.91 Å². The molecule has 0 spiro atoms. The van der Waals surface area contributed by atoms with Gasteiger partial charge in [-0.25, -0.2) is 0 Å². The van der Waals surface area contributed by atoms with Crippen LogP contribution in [0.4, 0.5) is 0 Å². The fraction of sp³-hybridized carbons (Fsp3) is 0.476. The van der Waals surface area contributed by atoms with Gasteiger partial charge in [-0.3, -0.25) is 14.5 Å². The molecule has 3 N–H and O–H groups in total. The Morgan fingerprint density at radius 3 is 2.59 bits per heavy atom. The standard InChI is InChI=1S/C21H32N6O.HI/c1-7-23-20(28)18-10-8-9-17(12-18)13-24-21(22-5)25-14(2)11-19-15(3)26-27(6)16(19)4;/h8-10,12,14H,7,11,13H2,1-6H3,(H,23,28)(H2,22,24,25);1H. The second kappa shape index (κ2) is 11.8. The quantitative estimate of drug-likeness (QED) is 0.303. The molecule has 8 heteroatoms. The summed E-state index contributed by atoms with van der Waals surface area (Å²) < 4.78 is 1.92. The highest BCUT2D eigenvalue weighted by Crippen LogP contribution is 2.14. The highest BCUT2D eigenvalue weighted by atomic mass is 127. The van der Waals surface area contributed by atoms with Gasteiger partial charge in [-0.2, -0.15) is 5.10 Å². The highest BCUT2D eigenvalue weighted by molar-refractivity contribution is 14.0. The summed E-state index contributed by atoms with van der Waals surface area (Å²) >= 11 is 0. The van der Waals surface area contributed by atoms with Crippen molar-refractivity contribution in [3.63, 3.8) is 0 Å². The number of hydrogen-bond donors (Lipinski definition) is 3. The molecule has 1 amide bonds. The molecule has 1 unspecified atom stereocenters. The van der Waals surface area contributed by atoms with Crippen molar-refractivity contribution >= 4 is 35.8 Å². The van der Waals surface area contributed by atoms with E-state index in [0.717, 1.165) is 23.6 Å². The molecule has 0 aliphatic heterocycles. The van der Waals surface area contributed by atoms with Gasteiger partial charge >= 0.3 is 0 Å². The monoisotopic (exact) mass is 512 g/mol. The molecule has 0 aliphatic carbocycles. The number of hydrogen-bond acceptors (Lipinski definition) is 3. The maximum Gasteiger partial charge on any atom is 0.251 e. The molecule has 1 aromatic heterocycles. The van der Waals surface area contributed by atoms with Crippen molar-refractivity contribution in [3.8, 4) is 0 Å². The Bertz CT molecular complexity index is 846. The average molecular weight is 512 g/mol. The van der Waals surface area contributed by atoms with Gasteiger partial charge in [0.15, 0.2) is 5.96 Å². The summed E-state index contributed by atoms with van der Waals surface area (Å²) in [6.45, 7) is 9.39. The van der Waals surface area contributed by atoms with Crippen LogP contribution in [0.3, 0.4) is 0 Å². The molecule has 0 bridgehead atoms. The van der Waals surface area contributed by atoms with Gasteiger partial charge in [0, 0.05) is 44.5 Å². The minimum Gasteiger partial charge on any atom is -0.354 e. The molecule has 1 atom stereocenters. The number of rotatable bonds is 7. The maximum absolute atomic E-state index is 12.0. The molecule has 0 fully saturated rings. The molecule has 29 heavy (non-hydrogen) atoms. The molecule has 7 nitrogen and oxygen atoms in total. The first kappa shape index (κ1) is 24.9. The molecule has 2 aromatic rings. The molecule has 0 saturated heterocycles. The Morgan fingerprint density at radius 1 is 1.28 bits per heavy atom. The lowest BCUT2D eigenvalue weighted by atomic mass is 10.1.